The highest BCUT2D eigenvalue weighted by Crippen LogP contribution is 2.36. The first-order chi connectivity index (χ1) is 18.6. The van der Waals surface area contributed by atoms with Crippen LogP contribution >= 0.6 is 0 Å². The monoisotopic (exact) mass is 550 g/mol. The van der Waals surface area contributed by atoms with Crippen LogP contribution in [0.1, 0.15) is 17.7 Å². The van der Waals surface area contributed by atoms with Crippen LogP contribution in [0.2, 0.25) is 0 Å². The lowest BCUT2D eigenvalue weighted by molar-refractivity contribution is -0.137. The Morgan fingerprint density at radius 1 is 1.10 bits per heavy atom. The number of alkyl halides is 3. The van der Waals surface area contributed by atoms with Gasteiger partial charge in [-0.05, 0) is 30.3 Å². The van der Waals surface area contributed by atoms with E-state index in [4.69, 9.17) is 14.2 Å². The van der Waals surface area contributed by atoms with Crippen molar-refractivity contribution in [1.82, 2.24) is 25.6 Å². The fourth-order valence-electron chi connectivity index (χ4n) is 3.65. The Labute approximate surface area is 218 Å². The van der Waals surface area contributed by atoms with Gasteiger partial charge in [0.1, 0.15) is 11.4 Å². The van der Waals surface area contributed by atoms with Gasteiger partial charge in [-0.25, -0.2) is 9.18 Å². The molecule has 1 saturated heterocycles. The zero-order valence-electron chi connectivity index (χ0n) is 20.3. The molecule has 1 aliphatic heterocycles. The number of pyridine rings is 1. The summed E-state index contributed by atoms with van der Waals surface area (Å²) in [5.41, 5.74) is -2.30. The van der Waals surface area contributed by atoms with Crippen LogP contribution in [0.4, 0.5) is 33.7 Å². The van der Waals surface area contributed by atoms with Gasteiger partial charge in [-0.1, -0.05) is 0 Å². The van der Waals surface area contributed by atoms with E-state index < -0.39 is 35.1 Å². The highest BCUT2D eigenvalue weighted by atomic mass is 19.4. The zero-order chi connectivity index (χ0) is 28.0. The molecule has 3 heterocycles. The summed E-state index contributed by atoms with van der Waals surface area (Å²) in [7, 11) is 1.38. The molecule has 206 valence electrons. The number of nitrogens with zero attached hydrogens (tertiary/aromatic N) is 3. The third-order valence-electron chi connectivity index (χ3n) is 5.62. The van der Waals surface area contributed by atoms with Gasteiger partial charge in [-0.3, -0.25) is 9.78 Å². The lowest BCUT2D eigenvalue weighted by Gasteiger charge is -2.26. The Morgan fingerprint density at radius 3 is 2.49 bits per heavy atom. The molecule has 0 unspecified atom stereocenters. The highest BCUT2D eigenvalue weighted by molar-refractivity contribution is 5.90. The number of amides is 2. The van der Waals surface area contributed by atoms with E-state index in [2.05, 4.69) is 30.9 Å². The van der Waals surface area contributed by atoms with Crippen LogP contribution in [0.15, 0.2) is 48.9 Å². The Morgan fingerprint density at radius 2 is 1.87 bits per heavy atom. The number of methoxy groups -OCH3 is 1. The van der Waals surface area contributed by atoms with E-state index in [1.165, 1.54) is 37.8 Å². The summed E-state index contributed by atoms with van der Waals surface area (Å²) in [5, 5.41) is 7.76. The average molecular weight is 550 g/mol. The quantitative estimate of drug-likeness (QED) is 0.361. The van der Waals surface area contributed by atoms with Gasteiger partial charge in [-0.15, -0.1) is 0 Å². The van der Waals surface area contributed by atoms with Crippen LogP contribution in [0.3, 0.4) is 0 Å². The van der Waals surface area contributed by atoms with Gasteiger partial charge in [-0.2, -0.15) is 23.1 Å². The van der Waals surface area contributed by atoms with E-state index >= 15 is 0 Å². The molecule has 2 amide bonds. The molecule has 0 radical (unpaired) electrons. The molecular formula is C24H22F4N6O5. The molecule has 0 saturated carbocycles. The molecule has 11 nitrogen and oxygen atoms in total. The first-order valence-corrected chi connectivity index (χ1v) is 11.4. The Balaban J connectivity index is 1.36. The second kappa shape index (κ2) is 11.5. The standard InChI is InChI=1S/C24H22F4N6O5/c1-37-21-31-11-17(12-32-21)39-22(36)34-23(6-7-38-13-23)20(35)30-9-15-3-4-16(10-29-15)33-19-5-2-14(25)8-18(19)24(26,27)28/h2-5,8,10-12,33H,6-7,9,13H2,1H3,(H,30,35)(H,34,36)/t23-/m0/s1. The number of carbonyl (C=O) groups is 2. The highest BCUT2D eigenvalue weighted by Gasteiger charge is 2.44. The molecule has 0 bridgehead atoms. The largest absolute Gasteiger partial charge is 0.467 e. The molecule has 1 atom stereocenters. The first-order valence-electron chi connectivity index (χ1n) is 11.4. The Kier molecular flexibility index (Phi) is 8.09. The minimum atomic E-state index is -4.76. The van der Waals surface area contributed by atoms with E-state index in [0.717, 1.165) is 12.1 Å². The molecule has 15 heteroatoms. The predicted octanol–water partition coefficient (Wildman–Crippen LogP) is 3.35. The van der Waals surface area contributed by atoms with Crippen molar-refractivity contribution in [2.45, 2.75) is 24.7 Å². The van der Waals surface area contributed by atoms with E-state index in [9.17, 15) is 27.2 Å². The second-order valence-corrected chi connectivity index (χ2v) is 8.34. The summed E-state index contributed by atoms with van der Waals surface area (Å²) in [6.45, 7) is 0.0814. The fourth-order valence-corrected chi connectivity index (χ4v) is 3.65. The third kappa shape index (κ3) is 6.87. The molecule has 2 aromatic heterocycles. The maximum absolute atomic E-state index is 13.3. The number of nitrogens with one attached hydrogen (secondary N) is 3. The summed E-state index contributed by atoms with van der Waals surface area (Å²) >= 11 is 0. The first kappa shape index (κ1) is 27.5. The number of aromatic nitrogens is 3. The SMILES string of the molecule is COc1ncc(OC(=O)N[C@@]2(C(=O)NCc3ccc(Nc4ccc(F)cc4C(F)(F)F)cn3)CCOC2)cn1. The summed E-state index contributed by atoms with van der Waals surface area (Å²) in [5.74, 6) is -1.53. The van der Waals surface area contributed by atoms with Gasteiger partial charge in [0.2, 0.25) is 5.91 Å². The number of hydrogen-bond acceptors (Lipinski definition) is 9. The average Bonchev–Trinajstić information content (AvgIpc) is 3.38. The van der Waals surface area contributed by atoms with Crippen LogP contribution in [-0.2, 0) is 22.3 Å². The molecule has 4 rings (SSSR count). The number of benzene rings is 1. The molecule has 0 aliphatic carbocycles. The molecule has 0 spiro atoms. The van der Waals surface area contributed by atoms with Gasteiger partial charge in [0.15, 0.2) is 5.75 Å². The number of hydrogen-bond donors (Lipinski definition) is 3. The maximum atomic E-state index is 13.3. The van der Waals surface area contributed by atoms with Crippen molar-refractivity contribution in [2.75, 3.05) is 25.6 Å². The third-order valence-corrected chi connectivity index (χ3v) is 5.62. The molecule has 1 aliphatic rings. The van der Waals surface area contributed by atoms with E-state index in [0.29, 0.717) is 11.8 Å². The summed E-state index contributed by atoms with van der Waals surface area (Å²) in [4.78, 5) is 37.2. The molecule has 1 fully saturated rings. The summed E-state index contributed by atoms with van der Waals surface area (Å²) in [6.07, 6.45) is -1.77. The molecular weight excluding hydrogens is 528 g/mol. The number of halogens is 4. The summed E-state index contributed by atoms with van der Waals surface area (Å²) < 4.78 is 68.3. The van der Waals surface area contributed by atoms with Crippen LogP contribution in [0, 0.1) is 5.82 Å². The smallest absolute Gasteiger partial charge is 0.418 e. The van der Waals surface area contributed by atoms with Crippen LogP contribution in [-0.4, -0.2) is 52.8 Å². The second-order valence-electron chi connectivity index (χ2n) is 8.34. The van der Waals surface area contributed by atoms with Gasteiger partial charge >= 0.3 is 18.3 Å². The lowest BCUT2D eigenvalue weighted by Crippen LogP contribution is -2.59. The summed E-state index contributed by atoms with van der Waals surface area (Å²) in [6, 6.07) is 5.32. The lowest BCUT2D eigenvalue weighted by atomic mass is 9.97. The van der Waals surface area contributed by atoms with Crippen molar-refractivity contribution in [3.8, 4) is 11.8 Å². The Hall–Kier alpha value is -4.53. The predicted molar refractivity (Wildman–Crippen MR) is 127 cm³/mol. The number of anilines is 2. The van der Waals surface area contributed by atoms with Crippen molar-refractivity contribution < 1.29 is 41.4 Å². The van der Waals surface area contributed by atoms with Crippen LogP contribution in [0.25, 0.3) is 0 Å². The van der Waals surface area contributed by atoms with Crippen molar-refractivity contribution in [2.24, 2.45) is 0 Å². The normalized spacial score (nSPS) is 16.8. The van der Waals surface area contributed by atoms with Crippen molar-refractivity contribution in [1.29, 1.82) is 0 Å². The van der Waals surface area contributed by atoms with E-state index in [-0.39, 0.29) is 49.3 Å². The van der Waals surface area contributed by atoms with Gasteiger partial charge in [0.25, 0.3) is 0 Å². The number of ether oxygens (including phenoxy) is 3. The topological polar surface area (TPSA) is 137 Å². The number of carbonyl (C=O) groups excluding carboxylic acids is 2. The number of rotatable bonds is 8. The maximum Gasteiger partial charge on any atom is 0.418 e. The van der Waals surface area contributed by atoms with Gasteiger partial charge in [0.05, 0.1) is 61.5 Å². The molecule has 3 aromatic rings. The van der Waals surface area contributed by atoms with Crippen LogP contribution in [0.5, 0.6) is 11.8 Å². The molecule has 3 N–H and O–H groups in total. The van der Waals surface area contributed by atoms with Crippen molar-refractivity contribution in [3.05, 3.63) is 66.0 Å². The minimum absolute atomic E-state index is 0.0312. The molecule has 1 aromatic carbocycles. The Bertz CT molecular complexity index is 1320. The van der Waals surface area contributed by atoms with Crippen LogP contribution < -0.4 is 25.4 Å². The van der Waals surface area contributed by atoms with Gasteiger partial charge in [0, 0.05) is 13.0 Å². The van der Waals surface area contributed by atoms with Crippen molar-refractivity contribution >= 4 is 23.4 Å². The molecule has 39 heavy (non-hydrogen) atoms. The minimum Gasteiger partial charge on any atom is -0.467 e. The van der Waals surface area contributed by atoms with E-state index in [1.54, 1.807) is 0 Å². The fraction of sp³-hybridized carbons (Fsp3) is 0.292. The van der Waals surface area contributed by atoms with Gasteiger partial charge < -0.3 is 30.2 Å². The van der Waals surface area contributed by atoms with Crippen molar-refractivity contribution in [3.63, 3.8) is 0 Å². The zero-order valence-corrected chi connectivity index (χ0v) is 20.3. The van der Waals surface area contributed by atoms with E-state index in [1.807, 2.05) is 0 Å².